The molecule has 2 rings (SSSR count). The van der Waals surface area contributed by atoms with Gasteiger partial charge in [-0.1, -0.05) is 54.1 Å². The molecule has 0 radical (unpaired) electrons. The van der Waals surface area contributed by atoms with E-state index in [0.29, 0.717) is 18.1 Å². The molecular weight excluding hydrogens is 274 g/mol. The van der Waals surface area contributed by atoms with Crippen molar-refractivity contribution in [3.05, 3.63) is 59.1 Å². The first-order chi connectivity index (χ1) is 9.66. The molecule has 0 unspecified atom stereocenters. The molecule has 0 atom stereocenters. The Morgan fingerprint density at radius 3 is 2.55 bits per heavy atom. The number of rotatable bonds is 6. The van der Waals surface area contributed by atoms with Crippen molar-refractivity contribution in [2.45, 2.75) is 13.0 Å². The highest BCUT2D eigenvalue weighted by molar-refractivity contribution is 6.33. The summed E-state index contributed by atoms with van der Waals surface area (Å²) < 4.78 is 0. The normalized spacial score (nSPS) is 10.4. The standard InChI is InChI=1S/C16H16ClNO2/c17-15-10-12(11-18-9-8-16(19)20)6-7-14(15)13-4-2-1-3-5-13/h1-7,10,18H,8-9,11H2,(H,19,20). The number of carboxylic acids is 1. The smallest absolute Gasteiger partial charge is 0.304 e. The maximum Gasteiger partial charge on any atom is 0.304 e. The summed E-state index contributed by atoms with van der Waals surface area (Å²) in [6, 6.07) is 15.9. The molecule has 0 heterocycles. The van der Waals surface area contributed by atoms with Gasteiger partial charge in [0.1, 0.15) is 0 Å². The summed E-state index contributed by atoms with van der Waals surface area (Å²) >= 11 is 6.31. The summed E-state index contributed by atoms with van der Waals surface area (Å²) in [5.74, 6) is -0.796. The number of halogens is 1. The quantitative estimate of drug-likeness (QED) is 0.799. The van der Waals surface area contributed by atoms with Crippen LogP contribution in [0.4, 0.5) is 0 Å². The second kappa shape index (κ2) is 7.08. The molecular formula is C16H16ClNO2. The first-order valence-electron chi connectivity index (χ1n) is 6.43. The van der Waals surface area contributed by atoms with Gasteiger partial charge >= 0.3 is 5.97 Å². The van der Waals surface area contributed by atoms with E-state index in [1.807, 2.05) is 48.5 Å². The molecule has 0 aliphatic rings. The molecule has 4 heteroatoms. The zero-order valence-corrected chi connectivity index (χ0v) is 11.7. The van der Waals surface area contributed by atoms with Gasteiger partial charge < -0.3 is 10.4 Å². The Kier molecular flexibility index (Phi) is 5.16. The van der Waals surface area contributed by atoms with Gasteiger partial charge in [0.15, 0.2) is 0 Å². The van der Waals surface area contributed by atoms with Crippen LogP contribution in [0.5, 0.6) is 0 Å². The van der Waals surface area contributed by atoms with Crippen LogP contribution < -0.4 is 5.32 Å². The maximum atomic E-state index is 10.4. The van der Waals surface area contributed by atoms with E-state index >= 15 is 0 Å². The molecule has 0 saturated carbocycles. The molecule has 0 spiro atoms. The fourth-order valence-electron chi connectivity index (χ4n) is 1.95. The number of nitrogens with one attached hydrogen (secondary N) is 1. The highest BCUT2D eigenvalue weighted by Gasteiger charge is 2.04. The molecule has 0 bridgehead atoms. The molecule has 0 aliphatic carbocycles. The summed E-state index contributed by atoms with van der Waals surface area (Å²) in [4.78, 5) is 10.4. The Hall–Kier alpha value is -1.84. The summed E-state index contributed by atoms with van der Waals surface area (Å²) in [6.07, 6.45) is 0.121. The van der Waals surface area contributed by atoms with Crippen molar-refractivity contribution in [3.8, 4) is 11.1 Å². The SMILES string of the molecule is O=C(O)CCNCc1ccc(-c2ccccc2)c(Cl)c1. The summed E-state index contributed by atoms with van der Waals surface area (Å²) in [7, 11) is 0. The van der Waals surface area contributed by atoms with Crippen molar-refractivity contribution in [1.29, 1.82) is 0 Å². The molecule has 104 valence electrons. The lowest BCUT2D eigenvalue weighted by Crippen LogP contribution is -2.17. The molecule has 3 nitrogen and oxygen atoms in total. The second-order valence-corrected chi connectivity index (χ2v) is 4.91. The second-order valence-electron chi connectivity index (χ2n) is 4.50. The van der Waals surface area contributed by atoms with E-state index in [2.05, 4.69) is 5.32 Å². The molecule has 20 heavy (non-hydrogen) atoms. The third kappa shape index (κ3) is 4.08. The third-order valence-corrected chi connectivity index (χ3v) is 3.28. The van der Waals surface area contributed by atoms with Gasteiger partial charge in [-0.3, -0.25) is 4.79 Å². The minimum atomic E-state index is -0.796. The number of carbonyl (C=O) groups is 1. The van der Waals surface area contributed by atoms with Crippen LogP contribution in [0.25, 0.3) is 11.1 Å². The minimum absolute atomic E-state index is 0.121. The fraction of sp³-hybridized carbons (Fsp3) is 0.188. The lowest BCUT2D eigenvalue weighted by molar-refractivity contribution is -0.136. The molecule has 0 aliphatic heterocycles. The Balaban J connectivity index is 2.01. The molecule has 2 N–H and O–H groups in total. The van der Waals surface area contributed by atoms with Crippen molar-refractivity contribution in [1.82, 2.24) is 5.32 Å². The average Bonchev–Trinajstić information content (AvgIpc) is 2.44. The first-order valence-corrected chi connectivity index (χ1v) is 6.81. The molecule has 2 aromatic carbocycles. The molecule has 0 aromatic heterocycles. The number of hydrogen-bond donors (Lipinski definition) is 2. The summed E-state index contributed by atoms with van der Waals surface area (Å²) in [5, 5.41) is 12.3. The van der Waals surface area contributed by atoms with E-state index in [0.717, 1.165) is 16.7 Å². The van der Waals surface area contributed by atoms with Gasteiger partial charge in [0, 0.05) is 23.7 Å². The van der Waals surface area contributed by atoms with Crippen molar-refractivity contribution in [3.63, 3.8) is 0 Å². The molecule has 0 fully saturated rings. The Bertz CT molecular complexity index is 584. The fourth-order valence-corrected chi connectivity index (χ4v) is 2.26. The van der Waals surface area contributed by atoms with E-state index in [9.17, 15) is 4.79 Å². The monoisotopic (exact) mass is 289 g/mol. The zero-order valence-electron chi connectivity index (χ0n) is 11.0. The van der Waals surface area contributed by atoms with Crippen LogP contribution in [-0.4, -0.2) is 17.6 Å². The Morgan fingerprint density at radius 1 is 1.15 bits per heavy atom. The summed E-state index contributed by atoms with van der Waals surface area (Å²) in [6.45, 7) is 1.06. The predicted octanol–water partition coefficient (Wildman–Crippen LogP) is 3.57. The number of aliphatic carboxylic acids is 1. The largest absolute Gasteiger partial charge is 0.481 e. The van der Waals surface area contributed by atoms with Crippen molar-refractivity contribution in [2.75, 3.05) is 6.54 Å². The topological polar surface area (TPSA) is 49.3 Å². The summed E-state index contributed by atoms with van der Waals surface area (Å²) in [5.41, 5.74) is 3.13. The number of carboxylic acid groups (broad SMARTS) is 1. The minimum Gasteiger partial charge on any atom is -0.481 e. The Morgan fingerprint density at radius 2 is 1.90 bits per heavy atom. The highest BCUT2D eigenvalue weighted by atomic mass is 35.5. The number of hydrogen-bond acceptors (Lipinski definition) is 2. The lowest BCUT2D eigenvalue weighted by atomic mass is 10.0. The van der Waals surface area contributed by atoms with Crippen molar-refractivity contribution >= 4 is 17.6 Å². The van der Waals surface area contributed by atoms with Crippen molar-refractivity contribution in [2.24, 2.45) is 0 Å². The van der Waals surface area contributed by atoms with Crippen LogP contribution in [0, 0.1) is 0 Å². The number of benzene rings is 2. The Labute approximate surface area is 123 Å². The first kappa shape index (κ1) is 14.6. The van der Waals surface area contributed by atoms with Crippen LogP contribution in [0.3, 0.4) is 0 Å². The van der Waals surface area contributed by atoms with Crippen molar-refractivity contribution < 1.29 is 9.90 Å². The maximum absolute atomic E-state index is 10.4. The van der Waals surface area contributed by atoms with Gasteiger partial charge in [-0.2, -0.15) is 0 Å². The van der Waals surface area contributed by atoms with E-state index in [1.54, 1.807) is 0 Å². The van der Waals surface area contributed by atoms with Crippen LogP contribution in [0.2, 0.25) is 5.02 Å². The van der Waals surface area contributed by atoms with Gasteiger partial charge in [0.05, 0.1) is 6.42 Å². The van der Waals surface area contributed by atoms with E-state index in [4.69, 9.17) is 16.7 Å². The average molecular weight is 290 g/mol. The van der Waals surface area contributed by atoms with Gasteiger partial charge in [-0.25, -0.2) is 0 Å². The molecule has 2 aromatic rings. The van der Waals surface area contributed by atoms with Gasteiger partial charge in [-0.15, -0.1) is 0 Å². The predicted molar refractivity (Wildman–Crippen MR) is 80.8 cm³/mol. The van der Waals surface area contributed by atoms with E-state index < -0.39 is 5.97 Å². The lowest BCUT2D eigenvalue weighted by Gasteiger charge is -2.08. The van der Waals surface area contributed by atoms with Crippen LogP contribution in [0.1, 0.15) is 12.0 Å². The highest BCUT2D eigenvalue weighted by Crippen LogP contribution is 2.28. The van der Waals surface area contributed by atoms with Crippen LogP contribution in [0.15, 0.2) is 48.5 Å². The van der Waals surface area contributed by atoms with Gasteiger partial charge in [0.25, 0.3) is 0 Å². The van der Waals surface area contributed by atoms with Gasteiger partial charge in [0.2, 0.25) is 0 Å². The molecule has 0 amide bonds. The van der Waals surface area contributed by atoms with Crippen LogP contribution in [-0.2, 0) is 11.3 Å². The van der Waals surface area contributed by atoms with Crippen LogP contribution >= 0.6 is 11.6 Å². The van der Waals surface area contributed by atoms with E-state index in [-0.39, 0.29) is 6.42 Å². The van der Waals surface area contributed by atoms with E-state index in [1.165, 1.54) is 0 Å². The zero-order chi connectivity index (χ0) is 14.4. The molecule has 0 saturated heterocycles. The van der Waals surface area contributed by atoms with Gasteiger partial charge in [-0.05, 0) is 17.2 Å². The third-order valence-electron chi connectivity index (χ3n) is 2.96.